The average Bonchev–Trinajstić information content (AvgIpc) is 2.28. The molecular formula is C14H21BrN2. The molecule has 0 bridgehead atoms. The van der Waals surface area contributed by atoms with Crippen molar-refractivity contribution in [3.63, 3.8) is 0 Å². The minimum absolute atomic E-state index is 0.147. The molecule has 1 fully saturated rings. The van der Waals surface area contributed by atoms with Gasteiger partial charge in [0, 0.05) is 22.2 Å². The molecule has 2 nitrogen and oxygen atoms in total. The van der Waals surface area contributed by atoms with Crippen LogP contribution in [0.1, 0.15) is 26.7 Å². The molecule has 2 rings (SSSR count). The SMILES string of the molecule is CC1(C)C(CN)CCCN1c1cccc(Br)c1. The summed E-state index contributed by atoms with van der Waals surface area (Å²) in [6, 6.07) is 8.55. The Morgan fingerprint density at radius 3 is 2.88 bits per heavy atom. The Morgan fingerprint density at radius 1 is 1.47 bits per heavy atom. The molecule has 0 saturated carbocycles. The average molecular weight is 297 g/mol. The van der Waals surface area contributed by atoms with Crippen molar-refractivity contribution in [2.45, 2.75) is 32.2 Å². The molecule has 0 aliphatic carbocycles. The highest BCUT2D eigenvalue weighted by Crippen LogP contribution is 2.37. The van der Waals surface area contributed by atoms with E-state index >= 15 is 0 Å². The van der Waals surface area contributed by atoms with Gasteiger partial charge in [-0.3, -0.25) is 0 Å². The molecule has 1 saturated heterocycles. The summed E-state index contributed by atoms with van der Waals surface area (Å²) in [5, 5.41) is 0. The number of benzene rings is 1. The number of rotatable bonds is 2. The molecule has 2 N–H and O–H groups in total. The molecule has 0 amide bonds. The zero-order valence-corrected chi connectivity index (χ0v) is 12.2. The van der Waals surface area contributed by atoms with Crippen LogP contribution in [0.5, 0.6) is 0 Å². The van der Waals surface area contributed by atoms with Gasteiger partial charge in [0.2, 0.25) is 0 Å². The van der Waals surface area contributed by atoms with E-state index in [9.17, 15) is 0 Å². The van der Waals surface area contributed by atoms with Gasteiger partial charge in [-0.15, -0.1) is 0 Å². The lowest BCUT2D eigenvalue weighted by Gasteiger charge is -2.49. The molecule has 0 spiro atoms. The van der Waals surface area contributed by atoms with Gasteiger partial charge < -0.3 is 10.6 Å². The van der Waals surface area contributed by atoms with Gasteiger partial charge in [-0.1, -0.05) is 22.0 Å². The number of nitrogens with zero attached hydrogens (tertiary/aromatic N) is 1. The van der Waals surface area contributed by atoms with E-state index in [1.54, 1.807) is 0 Å². The lowest BCUT2D eigenvalue weighted by Crippen LogP contribution is -2.55. The van der Waals surface area contributed by atoms with Crippen LogP contribution < -0.4 is 10.6 Å². The standard InChI is InChI=1S/C14H21BrN2/c1-14(2)11(10-16)5-4-8-17(14)13-7-3-6-12(15)9-13/h3,6-7,9,11H,4-5,8,10,16H2,1-2H3. The van der Waals surface area contributed by atoms with E-state index in [-0.39, 0.29) is 5.54 Å². The Balaban J connectivity index is 2.31. The van der Waals surface area contributed by atoms with Gasteiger partial charge in [-0.25, -0.2) is 0 Å². The van der Waals surface area contributed by atoms with Crippen molar-refractivity contribution < 1.29 is 0 Å². The largest absolute Gasteiger partial charge is 0.366 e. The molecule has 3 heteroatoms. The van der Waals surface area contributed by atoms with Crippen LogP contribution in [0.25, 0.3) is 0 Å². The molecule has 17 heavy (non-hydrogen) atoms. The van der Waals surface area contributed by atoms with Gasteiger partial charge in [0.1, 0.15) is 0 Å². The van der Waals surface area contributed by atoms with Gasteiger partial charge in [0.25, 0.3) is 0 Å². The Labute approximate surface area is 112 Å². The second-order valence-electron chi connectivity index (χ2n) is 5.36. The van der Waals surface area contributed by atoms with Gasteiger partial charge in [0.15, 0.2) is 0 Å². The quantitative estimate of drug-likeness (QED) is 0.906. The predicted octanol–water partition coefficient (Wildman–Crippen LogP) is 3.40. The fourth-order valence-electron chi connectivity index (χ4n) is 2.87. The van der Waals surface area contributed by atoms with Crippen LogP contribution in [-0.2, 0) is 0 Å². The van der Waals surface area contributed by atoms with E-state index in [1.807, 2.05) is 0 Å². The predicted molar refractivity (Wildman–Crippen MR) is 77.3 cm³/mol. The Kier molecular flexibility index (Phi) is 3.79. The molecule has 94 valence electrons. The van der Waals surface area contributed by atoms with Crippen LogP contribution in [0.2, 0.25) is 0 Å². The summed E-state index contributed by atoms with van der Waals surface area (Å²) < 4.78 is 1.14. The molecule has 1 unspecified atom stereocenters. The number of piperidine rings is 1. The highest BCUT2D eigenvalue weighted by atomic mass is 79.9. The van der Waals surface area contributed by atoms with E-state index in [0.717, 1.165) is 17.6 Å². The maximum Gasteiger partial charge on any atom is 0.0386 e. The van der Waals surface area contributed by atoms with Crippen LogP contribution in [0.4, 0.5) is 5.69 Å². The molecule has 1 aromatic carbocycles. The topological polar surface area (TPSA) is 29.3 Å². The van der Waals surface area contributed by atoms with Crippen molar-refractivity contribution >= 4 is 21.6 Å². The van der Waals surface area contributed by atoms with Crippen molar-refractivity contribution in [3.05, 3.63) is 28.7 Å². The molecule has 1 aliphatic heterocycles. The van der Waals surface area contributed by atoms with Crippen LogP contribution in [-0.4, -0.2) is 18.6 Å². The maximum atomic E-state index is 5.91. The molecular weight excluding hydrogens is 276 g/mol. The fourth-order valence-corrected chi connectivity index (χ4v) is 3.26. The first kappa shape index (κ1) is 12.9. The monoisotopic (exact) mass is 296 g/mol. The molecule has 1 aliphatic rings. The Hall–Kier alpha value is -0.540. The Bertz CT molecular complexity index is 390. The summed E-state index contributed by atoms with van der Waals surface area (Å²) in [6.07, 6.45) is 2.48. The molecule has 1 heterocycles. The molecule has 0 radical (unpaired) electrons. The smallest absolute Gasteiger partial charge is 0.0386 e. The van der Waals surface area contributed by atoms with E-state index in [0.29, 0.717) is 5.92 Å². The summed E-state index contributed by atoms with van der Waals surface area (Å²) in [4.78, 5) is 2.50. The summed E-state index contributed by atoms with van der Waals surface area (Å²) >= 11 is 3.55. The zero-order valence-electron chi connectivity index (χ0n) is 10.6. The number of anilines is 1. The van der Waals surface area contributed by atoms with Gasteiger partial charge in [0.05, 0.1) is 0 Å². The lowest BCUT2D eigenvalue weighted by atomic mass is 9.79. The first-order valence-electron chi connectivity index (χ1n) is 6.29. The van der Waals surface area contributed by atoms with Crippen molar-refractivity contribution in [2.24, 2.45) is 11.7 Å². The third-order valence-electron chi connectivity index (χ3n) is 4.03. The highest BCUT2D eigenvalue weighted by molar-refractivity contribution is 9.10. The second kappa shape index (κ2) is 4.99. The van der Waals surface area contributed by atoms with Crippen molar-refractivity contribution in [1.29, 1.82) is 0 Å². The van der Waals surface area contributed by atoms with Crippen LogP contribution in [0, 0.1) is 5.92 Å². The highest BCUT2D eigenvalue weighted by Gasteiger charge is 2.37. The van der Waals surface area contributed by atoms with E-state index in [1.165, 1.54) is 18.5 Å². The number of hydrogen-bond donors (Lipinski definition) is 1. The zero-order chi connectivity index (χ0) is 12.5. The number of nitrogens with two attached hydrogens (primary N) is 1. The third kappa shape index (κ3) is 2.50. The second-order valence-corrected chi connectivity index (χ2v) is 6.28. The van der Waals surface area contributed by atoms with Crippen LogP contribution in [0.15, 0.2) is 28.7 Å². The van der Waals surface area contributed by atoms with Gasteiger partial charge in [-0.05, 0) is 57.4 Å². The molecule has 1 aromatic rings. The Morgan fingerprint density at radius 2 is 2.24 bits per heavy atom. The summed E-state index contributed by atoms with van der Waals surface area (Å²) in [5.41, 5.74) is 7.35. The minimum atomic E-state index is 0.147. The summed E-state index contributed by atoms with van der Waals surface area (Å²) in [5.74, 6) is 0.579. The maximum absolute atomic E-state index is 5.91. The minimum Gasteiger partial charge on any atom is -0.366 e. The number of hydrogen-bond acceptors (Lipinski definition) is 2. The van der Waals surface area contributed by atoms with Crippen molar-refractivity contribution in [2.75, 3.05) is 18.0 Å². The first-order chi connectivity index (χ1) is 8.05. The fraction of sp³-hybridized carbons (Fsp3) is 0.571. The van der Waals surface area contributed by atoms with Crippen LogP contribution in [0.3, 0.4) is 0 Å². The van der Waals surface area contributed by atoms with Gasteiger partial charge in [-0.2, -0.15) is 0 Å². The third-order valence-corrected chi connectivity index (χ3v) is 4.53. The van der Waals surface area contributed by atoms with Gasteiger partial charge >= 0.3 is 0 Å². The van der Waals surface area contributed by atoms with E-state index < -0.39 is 0 Å². The molecule has 0 aromatic heterocycles. The number of halogens is 1. The van der Waals surface area contributed by atoms with Crippen LogP contribution >= 0.6 is 15.9 Å². The molecule has 1 atom stereocenters. The van der Waals surface area contributed by atoms with E-state index in [4.69, 9.17) is 5.73 Å². The first-order valence-corrected chi connectivity index (χ1v) is 7.08. The lowest BCUT2D eigenvalue weighted by molar-refractivity contribution is 0.245. The van der Waals surface area contributed by atoms with Crippen molar-refractivity contribution in [3.8, 4) is 0 Å². The normalized spacial score (nSPS) is 23.8. The summed E-state index contributed by atoms with van der Waals surface area (Å²) in [6.45, 7) is 6.52. The summed E-state index contributed by atoms with van der Waals surface area (Å²) in [7, 11) is 0. The van der Waals surface area contributed by atoms with Crippen molar-refractivity contribution in [1.82, 2.24) is 0 Å². The van der Waals surface area contributed by atoms with E-state index in [2.05, 4.69) is 58.9 Å².